The van der Waals surface area contributed by atoms with E-state index in [9.17, 15) is 19.1 Å². The summed E-state index contributed by atoms with van der Waals surface area (Å²) in [5, 5.41) is 20.2. The third kappa shape index (κ3) is 5.01. The topological polar surface area (TPSA) is 77.8 Å². The van der Waals surface area contributed by atoms with Gasteiger partial charge in [0.05, 0.1) is 17.7 Å². The summed E-state index contributed by atoms with van der Waals surface area (Å²) in [6, 6.07) is 13.1. The number of hydrogen-bond acceptors (Lipinski definition) is 3. The first-order chi connectivity index (χ1) is 15.9. The molecule has 2 fully saturated rings. The van der Waals surface area contributed by atoms with Crippen LogP contribution in [0, 0.1) is 5.82 Å². The molecule has 33 heavy (non-hydrogen) atoms. The molecule has 1 aliphatic carbocycles. The number of amides is 1. The average molecular weight is 452 g/mol. The smallest absolute Gasteiger partial charge is 0.335 e. The van der Waals surface area contributed by atoms with Gasteiger partial charge < -0.3 is 15.1 Å². The number of carbonyl (C=O) groups is 2. The Morgan fingerprint density at radius 1 is 1.12 bits per heavy atom. The Labute approximate surface area is 193 Å². The molecule has 1 amide bonds. The van der Waals surface area contributed by atoms with Crippen LogP contribution in [0.2, 0.25) is 0 Å². The molecule has 6 heteroatoms. The highest BCUT2D eigenvalue weighted by Crippen LogP contribution is 2.44. The summed E-state index contributed by atoms with van der Waals surface area (Å²) in [6.07, 6.45) is 8.65. The number of hydrogen-bond donors (Lipinski definition) is 2. The highest BCUT2D eigenvalue weighted by molar-refractivity contribution is 5.87. The van der Waals surface area contributed by atoms with Crippen LogP contribution in [0.25, 0.3) is 0 Å². The zero-order chi connectivity index (χ0) is 23.4. The molecule has 174 valence electrons. The molecule has 1 saturated heterocycles. The van der Waals surface area contributed by atoms with Crippen molar-refractivity contribution in [3.63, 3.8) is 0 Å². The van der Waals surface area contributed by atoms with E-state index in [1.165, 1.54) is 12.1 Å². The molecule has 2 atom stereocenters. The van der Waals surface area contributed by atoms with E-state index < -0.39 is 17.5 Å². The summed E-state index contributed by atoms with van der Waals surface area (Å²) in [6.45, 7) is 0.541. The van der Waals surface area contributed by atoms with E-state index in [1.807, 2.05) is 17.1 Å². The number of aliphatic hydroxyl groups excluding tert-OH is 1. The van der Waals surface area contributed by atoms with Crippen molar-refractivity contribution in [1.82, 2.24) is 4.90 Å². The Hall–Kier alpha value is -2.99. The van der Waals surface area contributed by atoms with Crippen LogP contribution in [0.4, 0.5) is 4.39 Å². The molecule has 4 rings (SSSR count). The van der Waals surface area contributed by atoms with Gasteiger partial charge in [-0.15, -0.1) is 0 Å². The van der Waals surface area contributed by atoms with E-state index in [2.05, 4.69) is 0 Å². The predicted molar refractivity (Wildman–Crippen MR) is 124 cm³/mol. The zero-order valence-corrected chi connectivity index (χ0v) is 18.6. The predicted octanol–water partition coefficient (Wildman–Crippen LogP) is 4.49. The zero-order valence-electron chi connectivity index (χ0n) is 18.6. The molecular formula is C27H30FNO4. The second-order valence-corrected chi connectivity index (χ2v) is 9.15. The van der Waals surface area contributed by atoms with Crippen LogP contribution >= 0.6 is 0 Å². The van der Waals surface area contributed by atoms with Gasteiger partial charge in [0.1, 0.15) is 5.82 Å². The van der Waals surface area contributed by atoms with E-state index in [0.717, 1.165) is 36.8 Å². The van der Waals surface area contributed by atoms with Crippen LogP contribution in [-0.2, 0) is 16.6 Å². The maximum Gasteiger partial charge on any atom is 0.335 e. The van der Waals surface area contributed by atoms with E-state index in [1.54, 1.807) is 36.4 Å². The molecule has 2 aromatic rings. The molecule has 0 aromatic heterocycles. The number of likely N-dealkylation sites (tertiary alicyclic amines) is 1. The van der Waals surface area contributed by atoms with Crippen LogP contribution < -0.4 is 0 Å². The van der Waals surface area contributed by atoms with Gasteiger partial charge in [-0.2, -0.15) is 0 Å². The molecule has 0 bridgehead atoms. The molecule has 0 radical (unpaired) electrons. The van der Waals surface area contributed by atoms with Gasteiger partial charge in [0, 0.05) is 18.4 Å². The minimum atomic E-state index is -0.958. The lowest BCUT2D eigenvalue weighted by Gasteiger charge is -2.34. The highest BCUT2D eigenvalue weighted by atomic mass is 19.1. The van der Waals surface area contributed by atoms with E-state index in [-0.39, 0.29) is 23.3 Å². The van der Waals surface area contributed by atoms with Crippen LogP contribution in [0.15, 0.2) is 60.7 Å². The molecular weight excluding hydrogens is 421 g/mol. The first kappa shape index (κ1) is 23.2. The van der Waals surface area contributed by atoms with Gasteiger partial charge in [0.2, 0.25) is 5.91 Å². The molecule has 5 nitrogen and oxygen atoms in total. The Balaban J connectivity index is 1.43. The number of benzene rings is 2. The lowest BCUT2D eigenvalue weighted by atomic mass is 9.74. The molecule has 1 heterocycles. The van der Waals surface area contributed by atoms with Gasteiger partial charge in [-0.05, 0) is 61.1 Å². The molecule has 1 saturated carbocycles. The maximum atomic E-state index is 13.4. The Morgan fingerprint density at radius 2 is 1.79 bits per heavy atom. The van der Waals surface area contributed by atoms with Gasteiger partial charge in [-0.3, -0.25) is 4.79 Å². The molecule has 0 unspecified atom stereocenters. The first-order valence-corrected chi connectivity index (χ1v) is 11.6. The van der Waals surface area contributed by atoms with Crippen molar-refractivity contribution in [2.45, 2.75) is 62.5 Å². The highest BCUT2D eigenvalue weighted by Gasteiger charge is 2.41. The summed E-state index contributed by atoms with van der Waals surface area (Å²) in [5.41, 5.74) is 1.77. The monoisotopic (exact) mass is 451 g/mol. The van der Waals surface area contributed by atoms with E-state index >= 15 is 0 Å². The van der Waals surface area contributed by atoms with Crippen molar-refractivity contribution in [1.29, 1.82) is 0 Å². The second-order valence-electron chi connectivity index (χ2n) is 9.15. The Kier molecular flexibility index (Phi) is 6.94. The number of nitrogens with zero attached hydrogens (tertiary/aromatic N) is 1. The fourth-order valence-electron chi connectivity index (χ4n) is 5.27. The minimum absolute atomic E-state index is 0.0721. The summed E-state index contributed by atoms with van der Waals surface area (Å²) in [5.74, 6) is -1.15. The van der Waals surface area contributed by atoms with Crippen LogP contribution in [-0.4, -0.2) is 45.7 Å². The maximum absolute atomic E-state index is 13.4. The van der Waals surface area contributed by atoms with Crippen molar-refractivity contribution in [2.75, 3.05) is 6.54 Å². The van der Waals surface area contributed by atoms with Gasteiger partial charge >= 0.3 is 5.97 Å². The summed E-state index contributed by atoms with van der Waals surface area (Å²) < 4.78 is 13.4. The second kappa shape index (κ2) is 9.87. The quantitative estimate of drug-likeness (QED) is 0.580. The standard InChI is InChI=1S/C27H30FNO4/c28-22-9-7-21(8-10-22)27(16-1-2-17-27)24(30)13-11-23-12-14-25(31)29(23)18-15-19-3-5-20(6-4-19)26(32)33/h3-11,13,23-24,30H,1-2,12,14-18H2,(H,32,33)/b13-11+/t23-,24-/m0/s1. The van der Waals surface area contributed by atoms with Gasteiger partial charge in [-0.25, -0.2) is 9.18 Å². The Morgan fingerprint density at radius 3 is 2.42 bits per heavy atom. The van der Waals surface area contributed by atoms with Gasteiger partial charge in [0.25, 0.3) is 0 Å². The third-order valence-corrected chi connectivity index (χ3v) is 7.21. The number of rotatable bonds is 8. The first-order valence-electron chi connectivity index (χ1n) is 11.6. The number of aromatic carboxylic acids is 1. The van der Waals surface area contributed by atoms with Gasteiger partial charge in [0.15, 0.2) is 0 Å². The summed E-state index contributed by atoms with van der Waals surface area (Å²) in [7, 11) is 0. The van der Waals surface area contributed by atoms with E-state index in [0.29, 0.717) is 25.8 Å². The fraction of sp³-hybridized carbons (Fsp3) is 0.407. The summed E-state index contributed by atoms with van der Waals surface area (Å²) >= 11 is 0. The van der Waals surface area contributed by atoms with Gasteiger partial charge in [-0.1, -0.05) is 49.3 Å². The van der Waals surface area contributed by atoms with Crippen molar-refractivity contribution in [3.05, 3.63) is 83.2 Å². The minimum Gasteiger partial charge on any atom is -0.478 e. The van der Waals surface area contributed by atoms with Crippen LogP contribution in [0.5, 0.6) is 0 Å². The van der Waals surface area contributed by atoms with E-state index in [4.69, 9.17) is 5.11 Å². The number of carboxylic acids is 1. The number of carbonyl (C=O) groups excluding carboxylic acids is 1. The third-order valence-electron chi connectivity index (χ3n) is 7.21. The average Bonchev–Trinajstić information content (AvgIpc) is 3.44. The normalized spacial score (nSPS) is 21.1. The van der Waals surface area contributed by atoms with Crippen molar-refractivity contribution < 1.29 is 24.2 Å². The van der Waals surface area contributed by atoms with Crippen LogP contribution in [0.3, 0.4) is 0 Å². The number of halogens is 1. The lowest BCUT2D eigenvalue weighted by Crippen LogP contribution is -2.37. The van der Waals surface area contributed by atoms with Crippen LogP contribution in [0.1, 0.15) is 60.0 Å². The molecule has 2 N–H and O–H groups in total. The Bertz CT molecular complexity index is 1010. The van der Waals surface area contributed by atoms with Crippen molar-refractivity contribution in [2.24, 2.45) is 0 Å². The molecule has 2 aliphatic rings. The largest absolute Gasteiger partial charge is 0.478 e. The molecule has 2 aromatic carbocycles. The lowest BCUT2D eigenvalue weighted by molar-refractivity contribution is -0.128. The molecule has 0 spiro atoms. The molecule has 1 aliphatic heterocycles. The summed E-state index contributed by atoms with van der Waals surface area (Å²) in [4.78, 5) is 25.3. The number of carboxylic acid groups (broad SMARTS) is 1. The van der Waals surface area contributed by atoms with Crippen molar-refractivity contribution >= 4 is 11.9 Å². The van der Waals surface area contributed by atoms with Crippen molar-refractivity contribution in [3.8, 4) is 0 Å². The fourth-order valence-corrected chi connectivity index (χ4v) is 5.27. The number of aliphatic hydroxyl groups is 1. The SMILES string of the molecule is O=C(O)c1ccc(CCN2C(=O)CC[C@@H]2/C=C/[C@H](O)C2(c3ccc(F)cc3)CCCC2)cc1.